The summed E-state index contributed by atoms with van der Waals surface area (Å²) in [4.78, 5) is -0.965. The highest BCUT2D eigenvalue weighted by molar-refractivity contribution is 8.12. The first kappa shape index (κ1) is 18.3. The van der Waals surface area contributed by atoms with E-state index in [1.807, 2.05) is 0 Å². The molecule has 0 atom stereocenters. The summed E-state index contributed by atoms with van der Waals surface area (Å²) in [6, 6.07) is 4.63. The van der Waals surface area contributed by atoms with Crippen molar-refractivity contribution in [2.75, 3.05) is 0 Å². The zero-order chi connectivity index (χ0) is 17.4. The molecule has 0 amide bonds. The van der Waals surface area contributed by atoms with Crippen molar-refractivity contribution in [2.24, 2.45) is 0 Å². The van der Waals surface area contributed by atoms with E-state index in [1.54, 1.807) is 10.2 Å². The Labute approximate surface area is 121 Å². The Morgan fingerprint density at radius 1 is 0.955 bits per heavy atom. The van der Waals surface area contributed by atoms with Gasteiger partial charge in [-0.15, -0.1) is 0 Å². The lowest BCUT2D eigenvalue weighted by Crippen LogP contribution is -2.43. The second-order valence-corrected chi connectivity index (χ2v) is 7.16. The highest BCUT2D eigenvalue weighted by Gasteiger charge is 2.64. The average molecular weight is 363 g/mol. The zero-order valence-electron chi connectivity index (χ0n) is 10.0. The molecule has 0 unspecified atom stereocenters. The number of rotatable bonds is 4. The van der Waals surface area contributed by atoms with Crippen LogP contribution in [0, 0.1) is 11.3 Å². The fraction of sp³-hybridized carbons (Fsp3) is 0.222. The summed E-state index contributed by atoms with van der Waals surface area (Å²) < 4.78 is 108. The van der Waals surface area contributed by atoms with Crippen LogP contribution in [0.5, 0.6) is 0 Å². The molecule has 22 heavy (non-hydrogen) atoms. The molecule has 0 aliphatic heterocycles. The molecule has 0 fully saturated rings. The van der Waals surface area contributed by atoms with Crippen LogP contribution in [0.25, 0.3) is 4.13 Å². The van der Waals surface area contributed by atoms with Gasteiger partial charge >= 0.3 is 11.4 Å². The Kier molecular flexibility index (Phi) is 4.52. The van der Waals surface area contributed by atoms with Crippen LogP contribution in [0.15, 0.2) is 29.2 Å². The van der Waals surface area contributed by atoms with E-state index in [9.17, 15) is 38.8 Å². The summed E-state index contributed by atoms with van der Waals surface area (Å²) in [6.45, 7) is 0. The average Bonchev–Trinajstić information content (AvgIpc) is 2.36. The number of nitrogens with zero attached hydrogens (tertiary/aromatic N) is 2. The van der Waals surface area contributed by atoms with Crippen molar-refractivity contribution >= 4 is 20.0 Å². The standard InChI is InChI=1S/C9H4F5N2O4S2/c10-8(11,12)9(13,14)22(19,20)16-21(17,18)7-3-1-6(5-15)2-4-7/h1-4H/q-1. The van der Waals surface area contributed by atoms with Gasteiger partial charge < -0.3 is 4.13 Å². The van der Waals surface area contributed by atoms with Gasteiger partial charge in [0.15, 0.2) is 10.0 Å². The van der Waals surface area contributed by atoms with Crippen LogP contribution in [-0.2, 0) is 20.0 Å². The molecule has 0 aliphatic rings. The second kappa shape index (κ2) is 5.45. The van der Waals surface area contributed by atoms with Crippen LogP contribution in [0.4, 0.5) is 22.0 Å². The summed E-state index contributed by atoms with van der Waals surface area (Å²) in [5.74, 6) is 0. The molecule has 13 heteroatoms. The van der Waals surface area contributed by atoms with Gasteiger partial charge in [-0.2, -0.15) is 27.2 Å². The number of nitriles is 1. The molecule has 0 aliphatic carbocycles. The molecule has 0 bridgehead atoms. The fourth-order valence-corrected chi connectivity index (χ4v) is 3.59. The van der Waals surface area contributed by atoms with Gasteiger partial charge in [-0.25, -0.2) is 16.8 Å². The van der Waals surface area contributed by atoms with E-state index < -0.39 is 36.4 Å². The van der Waals surface area contributed by atoms with Gasteiger partial charge in [0.1, 0.15) is 10.0 Å². The first-order valence-corrected chi connectivity index (χ1v) is 7.81. The van der Waals surface area contributed by atoms with Crippen LogP contribution >= 0.6 is 0 Å². The third kappa shape index (κ3) is 3.34. The van der Waals surface area contributed by atoms with E-state index in [0.717, 1.165) is 12.1 Å². The monoisotopic (exact) mass is 363 g/mol. The van der Waals surface area contributed by atoms with Crippen molar-refractivity contribution in [3.63, 3.8) is 0 Å². The van der Waals surface area contributed by atoms with Crippen LogP contribution in [0.3, 0.4) is 0 Å². The molecule has 0 aromatic heterocycles. The summed E-state index contributed by atoms with van der Waals surface area (Å²) in [7, 11) is -12.1. The quantitative estimate of drug-likeness (QED) is 0.762. The number of hydrogen-bond acceptors (Lipinski definition) is 5. The predicted octanol–water partition coefficient (Wildman–Crippen LogP) is 2.11. The van der Waals surface area contributed by atoms with Crippen molar-refractivity contribution in [3.8, 4) is 6.07 Å². The summed E-state index contributed by atoms with van der Waals surface area (Å²) >= 11 is 0. The minimum absolute atomic E-state index is 0.0533. The number of benzene rings is 1. The number of hydrogen-bond donors (Lipinski definition) is 0. The second-order valence-electron chi connectivity index (χ2n) is 3.68. The van der Waals surface area contributed by atoms with Gasteiger partial charge in [0.05, 0.1) is 11.6 Å². The van der Waals surface area contributed by atoms with E-state index in [-0.39, 0.29) is 5.56 Å². The Balaban J connectivity index is 3.24. The van der Waals surface area contributed by atoms with Crippen molar-refractivity contribution in [1.82, 2.24) is 0 Å². The first-order valence-electron chi connectivity index (χ1n) is 4.93. The molecular formula is C9H4F5N2O4S2-. The molecule has 122 valence electrons. The largest absolute Gasteiger partial charge is 0.467 e. The highest BCUT2D eigenvalue weighted by Crippen LogP contribution is 2.43. The van der Waals surface area contributed by atoms with Gasteiger partial charge in [-0.1, -0.05) is 0 Å². The lowest BCUT2D eigenvalue weighted by Gasteiger charge is -2.28. The van der Waals surface area contributed by atoms with E-state index in [1.165, 1.54) is 0 Å². The van der Waals surface area contributed by atoms with Crippen LogP contribution in [-0.4, -0.2) is 28.3 Å². The molecule has 0 spiro atoms. The first-order chi connectivity index (χ1) is 9.74. The zero-order valence-corrected chi connectivity index (χ0v) is 11.7. The maximum Gasteiger partial charge on any atom is 0.467 e. The number of sulfonamides is 2. The molecule has 0 saturated heterocycles. The topological polar surface area (TPSA) is 106 Å². The maximum atomic E-state index is 12.8. The summed E-state index contributed by atoms with van der Waals surface area (Å²) in [5, 5.41) is 2.11. The van der Waals surface area contributed by atoms with E-state index in [0.29, 0.717) is 12.1 Å². The van der Waals surface area contributed by atoms with Gasteiger partial charge in [0.25, 0.3) is 0 Å². The van der Waals surface area contributed by atoms with Crippen LogP contribution < -0.4 is 0 Å². The molecule has 1 rings (SSSR count). The lowest BCUT2D eigenvalue weighted by molar-refractivity contribution is -0.240. The normalized spacial score (nSPS) is 13.6. The van der Waals surface area contributed by atoms with Crippen molar-refractivity contribution < 1.29 is 38.8 Å². The lowest BCUT2D eigenvalue weighted by atomic mass is 10.2. The molecule has 0 radical (unpaired) electrons. The Bertz CT molecular complexity index is 807. The van der Waals surface area contributed by atoms with Crippen LogP contribution in [0.2, 0.25) is 0 Å². The molecular weight excluding hydrogens is 359 g/mol. The number of alkyl halides is 5. The SMILES string of the molecule is N#Cc1ccc(S(=O)(=O)[N-]S(=O)(=O)C(F)(F)C(F)(F)F)cc1. The summed E-state index contributed by atoms with van der Waals surface area (Å²) in [6.07, 6.45) is -6.53. The minimum atomic E-state index is -6.73. The predicted molar refractivity (Wildman–Crippen MR) is 61.6 cm³/mol. The van der Waals surface area contributed by atoms with Crippen molar-refractivity contribution in [1.29, 1.82) is 5.26 Å². The molecule has 6 nitrogen and oxygen atoms in total. The fourth-order valence-electron chi connectivity index (χ4n) is 1.07. The van der Waals surface area contributed by atoms with Crippen molar-refractivity contribution in [3.05, 3.63) is 34.0 Å². The van der Waals surface area contributed by atoms with Crippen LogP contribution in [0.1, 0.15) is 5.56 Å². The van der Waals surface area contributed by atoms with Gasteiger partial charge in [0, 0.05) is 4.90 Å². The van der Waals surface area contributed by atoms with E-state index in [2.05, 4.69) is 0 Å². The van der Waals surface area contributed by atoms with Gasteiger partial charge in [-0.05, 0) is 24.3 Å². The molecule has 0 saturated carbocycles. The molecule has 0 heterocycles. The summed E-state index contributed by atoms with van der Waals surface area (Å²) in [5.41, 5.74) is -0.0533. The Hall–Kier alpha value is -1.78. The molecule has 1 aromatic carbocycles. The molecule has 0 N–H and O–H groups in total. The number of halogens is 5. The third-order valence-electron chi connectivity index (χ3n) is 2.13. The maximum absolute atomic E-state index is 12.8. The Morgan fingerprint density at radius 2 is 1.41 bits per heavy atom. The smallest absolute Gasteiger partial charge is 0.426 e. The molecule has 1 aromatic rings. The Morgan fingerprint density at radius 3 is 1.77 bits per heavy atom. The van der Waals surface area contributed by atoms with Gasteiger partial charge in [-0.3, -0.25) is 0 Å². The van der Waals surface area contributed by atoms with E-state index >= 15 is 0 Å². The highest BCUT2D eigenvalue weighted by atomic mass is 32.3. The van der Waals surface area contributed by atoms with Gasteiger partial charge in [0.2, 0.25) is 0 Å². The van der Waals surface area contributed by atoms with E-state index in [4.69, 9.17) is 5.26 Å². The van der Waals surface area contributed by atoms with Crippen molar-refractivity contribution in [2.45, 2.75) is 16.3 Å². The third-order valence-corrected chi connectivity index (χ3v) is 5.45. The minimum Gasteiger partial charge on any atom is -0.426 e.